The third-order valence-electron chi connectivity index (χ3n) is 13.1. The Balaban J connectivity index is 0.991. The number of hydrogen-bond donors (Lipinski definition) is 0. The molecule has 2 heterocycles. The smallest absolute Gasteiger partial charge is 0.321 e. The van der Waals surface area contributed by atoms with E-state index in [9.17, 15) is 23.6 Å². The number of aromatic nitrogens is 2. The van der Waals surface area contributed by atoms with Crippen molar-refractivity contribution in [2.75, 3.05) is 4.90 Å². The van der Waals surface area contributed by atoms with Crippen molar-refractivity contribution in [2.45, 2.75) is 58.2 Å². The summed E-state index contributed by atoms with van der Waals surface area (Å²) in [7, 11) is 1.88. The van der Waals surface area contributed by atoms with Crippen LogP contribution in [0.4, 0.5) is 10.1 Å². The van der Waals surface area contributed by atoms with Crippen molar-refractivity contribution in [1.82, 2.24) is 9.55 Å². The van der Waals surface area contributed by atoms with Gasteiger partial charge in [-0.05, 0) is 107 Å². The molecule has 0 saturated carbocycles. The number of halogens is 1. The highest BCUT2D eigenvalue weighted by molar-refractivity contribution is 6.03. The van der Waals surface area contributed by atoms with Crippen LogP contribution in [0, 0.1) is 41.3 Å². The van der Waals surface area contributed by atoms with Crippen molar-refractivity contribution in [1.29, 1.82) is 0 Å². The summed E-state index contributed by atoms with van der Waals surface area (Å²) in [5, 5.41) is 0. The molecule has 0 radical (unpaired) electrons. The van der Waals surface area contributed by atoms with Crippen LogP contribution in [0.25, 0.3) is 11.1 Å². The van der Waals surface area contributed by atoms with Crippen LogP contribution in [0.3, 0.4) is 0 Å². The van der Waals surface area contributed by atoms with E-state index in [-0.39, 0.29) is 32.1 Å². The van der Waals surface area contributed by atoms with Crippen molar-refractivity contribution >= 4 is 29.5 Å². The lowest BCUT2D eigenvalue weighted by Crippen LogP contribution is -2.55. The first-order valence-corrected chi connectivity index (χ1v) is 25.2. The van der Waals surface area contributed by atoms with Crippen molar-refractivity contribution in [3.8, 4) is 40.6 Å². The highest BCUT2D eigenvalue weighted by Crippen LogP contribution is 2.50. The summed E-state index contributed by atoms with van der Waals surface area (Å²) in [6.07, 6.45) is 3.21. The summed E-state index contributed by atoms with van der Waals surface area (Å²) in [6, 6.07) is 54.7. The number of ether oxygens (including phenoxy) is 4. The number of nitrogens with zero attached hydrogens (tertiary/aromatic N) is 3. The number of imidazole rings is 1. The number of esters is 3. The third-order valence-corrected chi connectivity index (χ3v) is 13.1. The van der Waals surface area contributed by atoms with E-state index < -0.39 is 47.7 Å². The Labute approximate surface area is 447 Å². The average molecular weight is 1020 g/mol. The lowest BCUT2D eigenvalue weighted by Gasteiger charge is -2.48. The summed E-state index contributed by atoms with van der Waals surface area (Å²) in [6.45, 7) is 1.59. The van der Waals surface area contributed by atoms with E-state index in [1.165, 1.54) is 19.1 Å². The molecule has 8 aromatic rings. The number of hydrogen-bond acceptors (Lipinski definition) is 9. The summed E-state index contributed by atoms with van der Waals surface area (Å²) in [4.78, 5) is 59.6. The minimum absolute atomic E-state index is 0.00370. The maximum Gasteiger partial charge on any atom is 0.321 e. The van der Waals surface area contributed by atoms with Gasteiger partial charge in [0.1, 0.15) is 43.2 Å². The van der Waals surface area contributed by atoms with E-state index in [1.807, 2.05) is 169 Å². The standard InChI is InChI=1S/C65H54FN3O8/c1-45(70)77-60(52-28-31-54(66)32-29-52)38-37-58-62(69(63(58)71)55-33-23-47(24-34-55)25-35-56-40-67-44-68(56)2)57-36-30-53(39-61(57)74-41-48-13-6-3-7-14-48)51-26-21-46(22-27-51)19-12-20-59(64(72)75-42-49-15-8-4-9-16-49)65(73)76-43-50-17-10-5-11-18-50/h3-11,13-18,21-24,26-34,36,39-40,44,58-60,62H,20,37-38,41-43H2,1-2H3/t58-,60+,62-/m1/s1. The third kappa shape index (κ3) is 13.6. The minimum Gasteiger partial charge on any atom is -0.489 e. The van der Waals surface area contributed by atoms with Crippen LogP contribution >= 0.6 is 0 Å². The summed E-state index contributed by atoms with van der Waals surface area (Å²) in [5.41, 5.74) is 8.49. The van der Waals surface area contributed by atoms with Crippen LogP contribution in [-0.4, -0.2) is 33.4 Å². The molecule has 0 bridgehead atoms. The molecule has 77 heavy (non-hydrogen) atoms. The monoisotopic (exact) mass is 1020 g/mol. The van der Waals surface area contributed by atoms with E-state index in [0.717, 1.165) is 44.6 Å². The number of carbonyl (C=O) groups is 4. The van der Waals surface area contributed by atoms with Crippen molar-refractivity contribution in [3.63, 3.8) is 0 Å². The van der Waals surface area contributed by atoms with Crippen molar-refractivity contribution in [3.05, 3.63) is 245 Å². The highest BCUT2D eigenvalue weighted by atomic mass is 19.1. The van der Waals surface area contributed by atoms with Gasteiger partial charge in [-0.25, -0.2) is 9.37 Å². The van der Waals surface area contributed by atoms with Crippen LogP contribution < -0.4 is 9.64 Å². The lowest BCUT2D eigenvalue weighted by atomic mass is 9.77. The van der Waals surface area contributed by atoms with Gasteiger partial charge >= 0.3 is 17.9 Å². The van der Waals surface area contributed by atoms with Gasteiger partial charge in [0, 0.05) is 42.8 Å². The molecule has 1 saturated heterocycles. The van der Waals surface area contributed by atoms with E-state index in [2.05, 4.69) is 28.7 Å². The molecular formula is C65H54FN3O8. The summed E-state index contributed by atoms with van der Waals surface area (Å²) in [5.74, 6) is 8.78. The van der Waals surface area contributed by atoms with Crippen LogP contribution in [0.2, 0.25) is 0 Å². The van der Waals surface area contributed by atoms with E-state index in [0.29, 0.717) is 35.4 Å². The number of amides is 1. The van der Waals surface area contributed by atoms with Gasteiger partial charge in [0.15, 0.2) is 5.92 Å². The number of rotatable bonds is 18. The van der Waals surface area contributed by atoms with Gasteiger partial charge in [-0.3, -0.25) is 19.2 Å². The second kappa shape index (κ2) is 25.1. The molecule has 0 N–H and O–H groups in total. The van der Waals surface area contributed by atoms with Crippen LogP contribution in [0.5, 0.6) is 5.75 Å². The molecule has 9 rings (SSSR count). The van der Waals surface area contributed by atoms with E-state index in [4.69, 9.17) is 18.9 Å². The van der Waals surface area contributed by atoms with Gasteiger partial charge in [-0.1, -0.05) is 145 Å². The summed E-state index contributed by atoms with van der Waals surface area (Å²) >= 11 is 0. The molecule has 1 aliphatic heterocycles. The average Bonchev–Trinajstić information content (AvgIpc) is 3.90. The quantitative estimate of drug-likeness (QED) is 0.0271. The van der Waals surface area contributed by atoms with Gasteiger partial charge in [-0.15, -0.1) is 0 Å². The molecule has 12 heteroatoms. The van der Waals surface area contributed by atoms with Crippen molar-refractivity contribution < 1.29 is 42.5 Å². The Morgan fingerprint density at radius 2 is 1.23 bits per heavy atom. The Bertz CT molecular complexity index is 3400. The fourth-order valence-corrected chi connectivity index (χ4v) is 9.04. The predicted molar refractivity (Wildman–Crippen MR) is 290 cm³/mol. The molecule has 1 amide bonds. The Hall–Kier alpha value is -9.52. The predicted octanol–water partition coefficient (Wildman–Crippen LogP) is 11.8. The van der Waals surface area contributed by atoms with Crippen molar-refractivity contribution in [2.24, 2.45) is 18.9 Å². The second-order valence-corrected chi connectivity index (χ2v) is 18.5. The van der Waals surface area contributed by atoms with E-state index >= 15 is 0 Å². The molecule has 0 aliphatic carbocycles. The topological polar surface area (TPSA) is 126 Å². The molecule has 0 unspecified atom stereocenters. The van der Waals surface area contributed by atoms with Gasteiger partial charge in [0.05, 0.1) is 24.5 Å². The van der Waals surface area contributed by atoms with Crippen LogP contribution in [-0.2, 0) is 60.3 Å². The Morgan fingerprint density at radius 3 is 1.82 bits per heavy atom. The SMILES string of the molecule is CC(=O)O[C@@H](CC[C@H]1C(=O)N(c2ccc(C#Cc3cncn3C)cc2)[C@@H]1c1ccc(-c2ccc(C#CCC(C(=O)OCc3ccccc3)C(=O)OCc3ccccc3)cc2)cc1OCc1ccccc1)c1ccc(F)cc1. The molecule has 384 valence electrons. The van der Waals surface area contributed by atoms with Gasteiger partial charge < -0.3 is 28.4 Å². The molecule has 7 aromatic carbocycles. The minimum atomic E-state index is -1.26. The first kappa shape index (κ1) is 52.3. The molecule has 11 nitrogen and oxygen atoms in total. The highest BCUT2D eigenvalue weighted by Gasteiger charge is 2.50. The Kier molecular flexibility index (Phi) is 17.1. The number of anilines is 1. The fraction of sp³-hybridized carbons (Fsp3) is 0.185. The number of aryl methyl sites for hydroxylation is 1. The maximum absolute atomic E-state index is 14.6. The van der Waals surface area contributed by atoms with Crippen LogP contribution in [0.15, 0.2) is 195 Å². The van der Waals surface area contributed by atoms with E-state index in [1.54, 1.807) is 29.6 Å². The molecular weight excluding hydrogens is 970 g/mol. The molecule has 1 aromatic heterocycles. The van der Waals surface area contributed by atoms with Crippen LogP contribution in [0.1, 0.15) is 83.0 Å². The lowest BCUT2D eigenvalue weighted by molar-refractivity contribution is -0.163. The van der Waals surface area contributed by atoms with Gasteiger partial charge in [0.25, 0.3) is 0 Å². The molecule has 0 spiro atoms. The number of β-lactam (4-membered cyclic amide) rings is 1. The number of carbonyl (C=O) groups excluding carboxylic acids is 4. The fourth-order valence-electron chi connectivity index (χ4n) is 9.04. The first-order valence-electron chi connectivity index (χ1n) is 25.2. The first-order chi connectivity index (χ1) is 37.6. The van der Waals surface area contributed by atoms with Gasteiger partial charge in [0.2, 0.25) is 5.91 Å². The normalized spacial score (nSPS) is 14.0. The molecule has 1 aliphatic rings. The zero-order valence-corrected chi connectivity index (χ0v) is 42.5. The summed E-state index contributed by atoms with van der Waals surface area (Å²) < 4.78 is 39.5. The molecule has 3 atom stereocenters. The zero-order valence-electron chi connectivity index (χ0n) is 42.5. The largest absolute Gasteiger partial charge is 0.489 e. The second-order valence-electron chi connectivity index (χ2n) is 18.5. The molecule has 1 fully saturated rings. The zero-order chi connectivity index (χ0) is 53.5. The Morgan fingerprint density at radius 1 is 0.662 bits per heavy atom. The maximum atomic E-state index is 14.6. The number of benzene rings is 7. The van der Waals surface area contributed by atoms with Gasteiger partial charge in [-0.2, -0.15) is 0 Å².